The summed E-state index contributed by atoms with van der Waals surface area (Å²) in [5.74, 6) is -0.00258. The lowest BCUT2D eigenvalue weighted by atomic mass is 10.0. The third-order valence-corrected chi connectivity index (χ3v) is 5.27. The van der Waals surface area contributed by atoms with Crippen LogP contribution in [0.4, 0.5) is 22.0 Å². The van der Waals surface area contributed by atoms with Crippen molar-refractivity contribution < 1.29 is 9.59 Å². The van der Waals surface area contributed by atoms with Crippen LogP contribution in [0, 0.1) is 0 Å². The third kappa shape index (κ3) is 4.13. The average molecular weight is 449 g/mol. The van der Waals surface area contributed by atoms with Gasteiger partial charge in [-0.15, -0.1) is 0 Å². The maximum Gasteiger partial charge on any atom is 0.323 e. The van der Waals surface area contributed by atoms with Gasteiger partial charge in [0.25, 0.3) is 0 Å². The largest absolute Gasteiger partial charge is 0.383 e. The first-order chi connectivity index (χ1) is 15.3. The molecule has 0 fully saturated rings. The minimum absolute atomic E-state index is 0.0786. The van der Waals surface area contributed by atoms with Crippen molar-refractivity contribution in [2.75, 3.05) is 16.4 Å². The number of hydrogen-bond acceptors (Lipinski definition) is 5. The van der Waals surface area contributed by atoms with E-state index in [0.29, 0.717) is 38.6 Å². The highest BCUT2D eigenvalue weighted by Crippen LogP contribution is 2.29. The molecule has 162 valence electrons. The summed E-state index contributed by atoms with van der Waals surface area (Å²) in [7, 11) is 0. The summed E-state index contributed by atoms with van der Waals surface area (Å²) >= 11 is 6.08. The second-order valence-corrected chi connectivity index (χ2v) is 7.88. The fraction of sp³-hybridized carbons (Fsp3) is 0.130. The molecule has 0 saturated heterocycles. The van der Waals surface area contributed by atoms with Crippen LogP contribution in [0.1, 0.15) is 35.8 Å². The van der Waals surface area contributed by atoms with Gasteiger partial charge >= 0.3 is 6.03 Å². The molecule has 0 aliphatic rings. The number of fused-ring (bicyclic) bond motifs is 1. The van der Waals surface area contributed by atoms with Gasteiger partial charge in [0.2, 0.25) is 0 Å². The molecule has 0 spiro atoms. The number of carbonyl (C=O) groups is 2. The lowest BCUT2D eigenvalue weighted by Gasteiger charge is -2.10. The monoisotopic (exact) mass is 448 g/mol. The van der Waals surface area contributed by atoms with Gasteiger partial charge in [-0.05, 0) is 38.1 Å². The first-order valence-electron chi connectivity index (χ1n) is 9.93. The molecular formula is C23H21ClN6O2. The van der Waals surface area contributed by atoms with E-state index in [4.69, 9.17) is 17.3 Å². The van der Waals surface area contributed by atoms with E-state index in [0.717, 1.165) is 0 Å². The zero-order chi connectivity index (χ0) is 22.8. The van der Waals surface area contributed by atoms with Gasteiger partial charge < -0.3 is 20.9 Å². The van der Waals surface area contributed by atoms with E-state index in [1.807, 2.05) is 18.4 Å². The Bertz CT molecular complexity index is 1330. The Labute approximate surface area is 189 Å². The third-order valence-electron chi connectivity index (χ3n) is 4.94. The van der Waals surface area contributed by atoms with Gasteiger partial charge in [-0.25, -0.2) is 14.8 Å². The van der Waals surface area contributed by atoms with E-state index >= 15 is 0 Å². The zero-order valence-corrected chi connectivity index (χ0v) is 18.2. The maximum atomic E-state index is 13.4. The molecule has 4 N–H and O–H groups in total. The first kappa shape index (κ1) is 21.3. The highest BCUT2D eigenvalue weighted by molar-refractivity contribution is 6.33. The summed E-state index contributed by atoms with van der Waals surface area (Å²) in [4.78, 5) is 34.1. The second kappa shape index (κ2) is 8.68. The number of halogens is 1. The molecule has 0 bridgehead atoms. The quantitative estimate of drug-likeness (QED) is 0.366. The molecule has 2 aromatic heterocycles. The summed E-state index contributed by atoms with van der Waals surface area (Å²) in [6.07, 6.45) is 3.12. The molecular weight excluding hydrogens is 428 g/mol. The van der Waals surface area contributed by atoms with E-state index in [1.165, 1.54) is 6.33 Å². The SMILES string of the molecule is CC(C)n1cc(C(=O)c2cccc(NC(=O)Nc3ccccc3Cl)c2)c2c(N)ncnc21. The predicted octanol–water partition coefficient (Wildman–Crippen LogP) is 5.12. The molecule has 9 heteroatoms. The normalized spacial score (nSPS) is 11.0. The minimum Gasteiger partial charge on any atom is -0.383 e. The van der Waals surface area contributed by atoms with Crippen molar-refractivity contribution in [3.8, 4) is 0 Å². The predicted molar refractivity (Wildman–Crippen MR) is 126 cm³/mol. The maximum absolute atomic E-state index is 13.4. The van der Waals surface area contributed by atoms with Gasteiger partial charge in [-0.1, -0.05) is 35.9 Å². The number of anilines is 3. The van der Waals surface area contributed by atoms with Crippen molar-refractivity contribution in [3.63, 3.8) is 0 Å². The van der Waals surface area contributed by atoms with Crippen LogP contribution >= 0.6 is 11.6 Å². The average Bonchev–Trinajstić information content (AvgIpc) is 3.16. The molecule has 32 heavy (non-hydrogen) atoms. The minimum atomic E-state index is -0.475. The molecule has 2 amide bonds. The summed E-state index contributed by atoms with van der Waals surface area (Å²) in [6.45, 7) is 3.99. The number of carbonyl (C=O) groups excluding carboxylic acids is 2. The lowest BCUT2D eigenvalue weighted by Crippen LogP contribution is -2.19. The van der Waals surface area contributed by atoms with Crippen LogP contribution in [0.25, 0.3) is 11.0 Å². The number of benzene rings is 2. The van der Waals surface area contributed by atoms with Crippen molar-refractivity contribution >= 4 is 51.6 Å². The number of nitrogen functional groups attached to an aromatic ring is 1. The van der Waals surface area contributed by atoms with Crippen LogP contribution in [0.5, 0.6) is 0 Å². The van der Waals surface area contributed by atoms with Crippen LogP contribution in [0.15, 0.2) is 61.1 Å². The zero-order valence-electron chi connectivity index (χ0n) is 17.5. The Morgan fingerprint density at radius 3 is 2.59 bits per heavy atom. The highest BCUT2D eigenvalue weighted by atomic mass is 35.5. The number of amides is 2. The second-order valence-electron chi connectivity index (χ2n) is 7.47. The van der Waals surface area contributed by atoms with Crippen molar-refractivity contribution in [1.29, 1.82) is 0 Å². The number of rotatable bonds is 5. The number of hydrogen-bond donors (Lipinski definition) is 3. The van der Waals surface area contributed by atoms with Gasteiger partial charge in [0.15, 0.2) is 5.78 Å². The van der Waals surface area contributed by atoms with Gasteiger partial charge in [-0.3, -0.25) is 4.79 Å². The molecule has 0 atom stereocenters. The molecule has 0 unspecified atom stereocenters. The van der Waals surface area contributed by atoms with Crippen LogP contribution in [0.3, 0.4) is 0 Å². The molecule has 4 rings (SSSR count). The highest BCUT2D eigenvalue weighted by Gasteiger charge is 2.21. The lowest BCUT2D eigenvalue weighted by molar-refractivity contribution is 0.104. The van der Waals surface area contributed by atoms with E-state index < -0.39 is 6.03 Å². The molecule has 0 radical (unpaired) electrons. The van der Waals surface area contributed by atoms with Gasteiger partial charge in [0, 0.05) is 23.5 Å². The van der Waals surface area contributed by atoms with E-state index in [9.17, 15) is 9.59 Å². The Kier molecular flexibility index (Phi) is 5.79. The van der Waals surface area contributed by atoms with E-state index in [-0.39, 0.29) is 17.6 Å². The van der Waals surface area contributed by atoms with Crippen molar-refractivity contribution in [2.45, 2.75) is 19.9 Å². The molecule has 0 aliphatic heterocycles. The molecule has 0 aliphatic carbocycles. The fourth-order valence-electron chi connectivity index (χ4n) is 3.42. The van der Waals surface area contributed by atoms with E-state index in [2.05, 4.69) is 20.6 Å². The Morgan fingerprint density at radius 1 is 1.06 bits per heavy atom. The summed E-state index contributed by atoms with van der Waals surface area (Å²) in [6, 6.07) is 13.2. The molecule has 2 heterocycles. The number of ketones is 1. The standard InChI is InChI=1S/C23H21ClN6O2/c1-13(2)30-11-16(19-21(25)26-12-27-22(19)30)20(31)14-6-5-7-15(10-14)28-23(32)29-18-9-4-3-8-17(18)24/h3-13H,1-2H3,(H2,25,26,27)(H2,28,29,32). The number of nitrogens with two attached hydrogens (primary N) is 1. The number of nitrogens with one attached hydrogen (secondary N) is 2. The molecule has 8 nitrogen and oxygen atoms in total. The molecule has 0 saturated carbocycles. The van der Waals surface area contributed by atoms with Crippen LogP contribution in [0.2, 0.25) is 5.02 Å². The van der Waals surface area contributed by atoms with Crippen LogP contribution < -0.4 is 16.4 Å². The number of aromatic nitrogens is 3. The molecule has 4 aromatic rings. The van der Waals surface area contributed by atoms with Gasteiger partial charge in [0.1, 0.15) is 17.8 Å². The Morgan fingerprint density at radius 2 is 1.84 bits per heavy atom. The fourth-order valence-corrected chi connectivity index (χ4v) is 3.60. The Hall–Kier alpha value is -3.91. The summed E-state index contributed by atoms with van der Waals surface area (Å²) < 4.78 is 1.89. The first-order valence-corrected chi connectivity index (χ1v) is 10.3. The van der Waals surface area contributed by atoms with E-state index in [1.54, 1.807) is 54.7 Å². The Balaban J connectivity index is 1.62. The summed E-state index contributed by atoms with van der Waals surface area (Å²) in [5, 5.41) is 6.34. The number of para-hydroxylation sites is 1. The van der Waals surface area contributed by atoms with Crippen molar-refractivity contribution in [3.05, 3.63) is 77.2 Å². The van der Waals surface area contributed by atoms with Gasteiger partial charge in [-0.2, -0.15) is 0 Å². The topological polar surface area (TPSA) is 115 Å². The van der Waals surface area contributed by atoms with Crippen molar-refractivity contribution in [2.24, 2.45) is 0 Å². The molecule has 2 aromatic carbocycles. The van der Waals surface area contributed by atoms with Crippen molar-refractivity contribution in [1.82, 2.24) is 14.5 Å². The van der Waals surface area contributed by atoms with Gasteiger partial charge in [0.05, 0.1) is 21.7 Å². The smallest absolute Gasteiger partial charge is 0.323 e. The number of urea groups is 1. The van der Waals surface area contributed by atoms with Crippen LogP contribution in [-0.4, -0.2) is 26.3 Å². The number of nitrogens with zero attached hydrogens (tertiary/aromatic N) is 3. The van der Waals surface area contributed by atoms with Crippen LogP contribution in [-0.2, 0) is 0 Å². The summed E-state index contributed by atoms with van der Waals surface area (Å²) in [5.41, 5.74) is 8.42.